The van der Waals surface area contributed by atoms with E-state index < -0.39 is 12.7 Å². The lowest BCUT2D eigenvalue weighted by Gasteiger charge is -2.26. The first-order chi connectivity index (χ1) is 12.8. The van der Waals surface area contributed by atoms with E-state index in [1.165, 1.54) is 6.33 Å². The SMILES string of the molecule is Cc1cccc(N(CC(F)(F)F)c2nc3nncn3c3cc(Cl)ccc23)c1. The zero-order chi connectivity index (χ0) is 19.2. The molecule has 0 spiro atoms. The predicted octanol–water partition coefficient (Wildman–Crippen LogP) is 4.94. The van der Waals surface area contributed by atoms with Crippen molar-refractivity contribution in [2.24, 2.45) is 0 Å². The first-order valence-electron chi connectivity index (χ1n) is 8.02. The molecule has 27 heavy (non-hydrogen) atoms. The Labute approximate surface area is 157 Å². The van der Waals surface area contributed by atoms with Crippen LogP contribution in [0.4, 0.5) is 24.7 Å². The molecule has 0 aliphatic rings. The van der Waals surface area contributed by atoms with Crippen molar-refractivity contribution in [2.45, 2.75) is 13.1 Å². The molecule has 0 atom stereocenters. The summed E-state index contributed by atoms with van der Waals surface area (Å²) in [6, 6.07) is 11.8. The highest BCUT2D eigenvalue weighted by Crippen LogP contribution is 2.35. The standard InChI is InChI=1S/C18H13ClF3N5/c1-11-3-2-4-13(7-11)26(9-18(20,21)22)16-14-6-5-12(19)8-15(14)27-10-23-25-17(27)24-16/h2-8,10H,9H2,1H3. The fourth-order valence-electron chi connectivity index (χ4n) is 2.99. The van der Waals surface area contributed by atoms with Crippen LogP contribution in [-0.2, 0) is 0 Å². The Kier molecular flexibility index (Phi) is 4.15. The third-order valence-electron chi connectivity index (χ3n) is 4.10. The molecule has 0 N–H and O–H groups in total. The van der Waals surface area contributed by atoms with Crippen molar-refractivity contribution in [3.05, 3.63) is 59.4 Å². The Balaban J connectivity index is 2.02. The molecule has 2 aromatic heterocycles. The van der Waals surface area contributed by atoms with Gasteiger partial charge >= 0.3 is 6.18 Å². The Morgan fingerprint density at radius 2 is 1.96 bits per heavy atom. The second kappa shape index (κ2) is 6.38. The molecule has 0 aliphatic heterocycles. The average Bonchev–Trinajstić information content (AvgIpc) is 3.07. The van der Waals surface area contributed by atoms with E-state index in [4.69, 9.17) is 11.6 Å². The van der Waals surface area contributed by atoms with E-state index in [0.29, 0.717) is 21.6 Å². The lowest BCUT2D eigenvalue weighted by atomic mass is 10.1. The van der Waals surface area contributed by atoms with Gasteiger partial charge in [-0.2, -0.15) is 18.2 Å². The molecule has 2 heterocycles. The van der Waals surface area contributed by atoms with Crippen LogP contribution in [0.2, 0.25) is 5.02 Å². The summed E-state index contributed by atoms with van der Waals surface area (Å²) in [5, 5.41) is 8.67. The molecule has 0 radical (unpaired) electrons. The zero-order valence-corrected chi connectivity index (χ0v) is 14.8. The number of alkyl halides is 3. The van der Waals surface area contributed by atoms with Gasteiger partial charge in [0.1, 0.15) is 18.7 Å². The van der Waals surface area contributed by atoms with Crippen molar-refractivity contribution in [1.29, 1.82) is 0 Å². The van der Waals surface area contributed by atoms with Crippen LogP contribution in [0.5, 0.6) is 0 Å². The molecule has 5 nitrogen and oxygen atoms in total. The molecule has 0 saturated carbocycles. The minimum atomic E-state index is -4.43. The van der Waals surface area contributed by atoms with Gasteiger partial charge in [-0.05, 0) is 42.8 Å². The van der Waals surface area contributed by atoms with Crippen LogP contribution in [0.15, 0.2) is 48.8 Å². The summed E-state index contributed by atoms with van der Waals surface area (Å²) in [5.41, 5.74) is 1.81. The number of anilines is 2. The maximum absolute atomic E-state index is 13.4. The summed E-state index contributed by atoms with van der Waals surface area (Å²) in [4.78, 5) is 5.49. The smallest absolute Gasteiger partial charge is 0.317 e. The van der Waals surface area contributed by atoms with Gasteiger partial charge in [0.2, 0.25) is 0 Å². The predicted molar refractivity (Wildman–Crippen MR) is 97.5 cm³/mol. The van der Waals surface area contributed by atoms with Crippen molar-refractivity contribution in [3.8, 4) is 0 Å². The van der Waals surface area contributed by atoms with E-state index >= 15 is 0 Å². The number of fused-ring (bicyclic) bond motifs is 3. The lowest BCUT2D eigenvalue weighted by Crippen LogP contribution is -2.31. The van der Waals surface area contributed by atoms with Gasteiger partial charge in [-0.3, -0.25) is 4.40 Å². The molecule has 0 unspecified atom stereocenters. The van der Waals surface area contributed by atoms with Crippen molar-refractivity contribution in [2.75, 3.05) is 11.4 Å². The van der Waals surface area contributed by atoms with E-state index in [1.54, 1.807) is 40.8 Å². The second-order valence-corrected chi connectivity index (χ2v) is 6.57. The van der Waals surface area contributed by atoms with Gasteiger partial charge in [0.25, 0.3) is 5.78 Å². The second-order valence-electron chi connectivity index (χ2n) is 6.14. The Hall–Kier alpha value is -2.87. The van der Waals surface area contributed by atoms with Gasteiger partial charge in [0.15, 0.2) is 0 Å². The number of nitrogens with zero attached hydrogens (tertiary/aromatic N) is 5. The molecular weight excluding hydrogens is 379 g/mol. The molecule has 0 aliphatic carbocycles. The van der Waals surface area contributed by atoms with Gasteiger partial charge in [-0.15, -0.1) is 10.2 Å². The fourth-order valence-corrected chi connectivity index (χ4v) is 3.16. The topological polar surface area (TPSA) is 46.3 Å². The minimum Gasteiger partial charge on any atom is -0.317 e. The summed E-state index contributed by atoms with van der Waals surface area (Å²) in [7, 11) is 0. The molecule has 0 bridgehead atoms. The third-order valence-corrected chi connectivity index (χ3v) is 4.34. The van der Waals surface area contributed by atoms with Crippen LogP contribution < -0.4 is 4.90 Å². The number of benzene rings is 2. The largest absolute Gasteiger partial charge is 0.406 e. The number of rotatable bonds is 3. The summed E-state index contributed by atoms with van der Waals surface area (Å²) < 4.78 is 41.7. The summed E-state index contributed by atoms with van der Waals surface area (Å²) in [5.74, 6) is 0.338. The minimum absolute atomic E-state index is 0.144. The Bertz CT molecular complexity index is 1140. The molecular formula is C18H13ClF3N5. The highest BCUT2D eigenvalue weighted by Gasteiger charge is 2.33. The van der Waals surface area contributed by atoms with E-state index in [1.807, 2.05) is 13.0 Å². The van der Waals surface area contributed by atoms with Crippen molar-refractivity contribution in [3.63, 3.8) is 0 Å². The first kappa shape index (κ1) is 17.5. The normalized spacial score (nSPS) is 12.0. The summed E-state index contributed by atoms with van der Waals surface area (Å²) in [6.07, 6.45) is -2.98. The molecule has 2 aromatic carbocycles. The molecule has 138 valence electrons. The van der Waals surface area contributed by atoms with Gasteiger partial charge in [0.05, 0.1) is 5.52 Å². The molecule has 9 heteroatoms. The fraction of sp³-hybridized carbons (Fsp3) is 0.167. The number of hydrogen-bond donors (Lipinski definition) is 0. The van der Waals surface area contributed by atoms with Crippen molar-refractivity contribution in [1.82, 2.24) is 19.6 Å². The highest BCUT2D eigenvalue weighted by molar-refractivity contribution is 6.31. The van der Waals surface area contributed by atoms with Crippen LogP contribution in [0.3, 0.4) is 0 Å². The van der Waals surface area contributed by atoms with Crippen molar-refractivity contribution < 1.29 is 13.2 Å². The van der Waals surface area contributed by atoms with Crippen LogP contribution in [0.25, 0.3) is 16.7 Å². The van der Waals surface area contributed by atoms with E-state index in [0.717, 1.165) is 10.5 Å². The van der Waals surface area contributed by atoms with Crippen LogP contribution >= 0.6 is 11.6 Å². The molecule has 0 saturated heterocycles. The summed E-state index contributed by atoms with van der Waals surface area (Å²) in [6.45, 7) is 0.633. The number of aromatic nitrogens is 4. The van der Waals surface area contributed by atoms with Gasteiger partial charge in [0, 0.05) is 16.1 Å². The number of aryl methyl sites for hydroxylation is 1. The Morgan fingerprint density at radius 1 is 1.15 bits per heavy atom. The quantitative estimate of drug-likeness (QED) is 0.496. The zero-order valence-electron chi connectivity index (χ0n) is 14.1. The van der Waals surface area contributed by atoms with Crippen molar-refractivity contribution >= 4 is 39.8 Å². The van der Waals surface area contributed by atoms with E-state index in [2.05, 4.69) is 15.2 Å². The molecule has 0 fully saturated rings. The lowest BCUT2D eigenvalue weighted by molar-refractivity contribution is -0.118. The molecule has 4 aromatic rings. The Morgan fingerprint density at radius 3 is 2.70 bits per heavy atom. The van der Waals surface area contributed by atoms with E-state index in [9.17, 15) is 13.2 Å². The number of halogens is 4. The van der Waals surface area contributed by atoms with Crippen LogP contribution in [-0.4, -0.2) is 32.3 Å². The highest BCUT2D eigenvalue weighted by atomic mass is 35.5. The van der Waals surface area contributed by atoms with Gasteiger partial charge in [-0.1, -0.05) is 23.7 Å². The third kappa shape index (κ3) is 3.40. The molecule has 4 rings (SSSR count). The van der Waals surface area contributed by atoms with Gasteiger partial charge in [-0.25, -0.2) is 0 Å². The monoisotopic (exact) mass is 391 g/mol. The van der Waals surface area contributed by atoms with Crippen LogP contribution in [0.1, 0.15) is 5.56 Å². The summed E-state index contributed by atoms with van der Waals surface area (Å²) >= 11 is 6.09. The van der Waals surface area contributed by atoms with E-state index in [-0.39, 0.29) is 11.6 Å². The maximum atomic E-state index is 13.4. The number of hydrogen-bond acceptors (Lipinski definition) is 4. The maximum Gasteiger partial charge on any atom is 0.406 e. The van der Waals surface area contributed by atoms with Gasteiger partial charge < -0.3 is 4.90 Å². The molecule has 0 amide bonds. The van der Waals surface area contributed by atoms with Crippen LogP contribution in [0, 0.1) is 6.92 Å². The average molecular weight is 392 g/mol. The first-order valence-corrected chi connectivity index (χ1v) is 8.39.